The molecule has 1 aliphatic rings. The monoisotopic (exact) mass is 450 g/mol. The minimum atomic E-state index is -3.56. The maximum atomic E-state index is 12.9. The van der Waals surface area contributed by atoms with E-state index in [1.165, 1.54) is 10.4 Å². The van der Waals surface area contributed by atoms with Gasteiger partial charge in [-0.25, -0.2) is 8.42 Å². The number of carbonyl (C=O) groups excluding carboxylic acids is 1. The van der Waals surface area contributed by atoms with Crippen molar-refractivity contribution < 1.29 is 13.2 Å². The van der Waals surface area contributed by atoms with Crippen molar-refractivity contribution in [1.29, 1.82) is 0 Å². The minimum absolute atomic E-state index is 0.166. The van der Waals surface area contributed by atoms with Crippen molar-refractivity contribution >= 4 is 31.9 Å². The molecular weight excluding hydrogens is 428 g/mol. The first-order valence-corrected chi connectivity index (χ1v) is 11.1. The van der Waals surface area contributed by atoms with E-state index in [1.807, 2.05) is 31.2 Å². The first-order chi connectivity index (χ1) is 12.8. The Kier molecular flexibility index (Phi) is 6.03. The molecule has 1 heterocycles. The average molecular weight is 451 g/mol. The zero-order valence-corrected chi connectivity index (χ0v) is 17.9. The van der Waals surface area contributed by atoms with Crippen molar-refractivity contribution in [2.45, 2.75) is 31.2 Å². The van der Waals surface area contributed by atoms with Crippen molar-refractivity contribution in [2.75, 3.05) is 20.1 Å². The van der Waals surface area contributed by atoms with Crippen molar-refractivity contribution in [3.8, 4) is 0 Å². The van der Waals surface area contributed by atoms with Crippen LogP contribution in [0.15, 0.2) is 51.8 Å². The highest BCUT2D eigenvalue weighted by atomic mass is 79.9. The quantitative estimate of drug-likeness (QED) is 0.695. The maximum Gasteiger partial charge on any atom is 0.255 e. The first kappa shape index (κ1) is 20.0. The fraction of sp³-hybridized carbons (Fsp3) is 0.350. The zero-order chi connectivity index (χ0) is 19.6. The van der Waals surface area contributed by atoms with E-state index < -0.39 is 10.0 Å². The van der Waals surface area contributed by atoms with Crippen molar-refractivity contribution in [1.82, 2.24) is 9.21 Å². The average Bonchev–Trinajstić information content (AvgIpc) is 3.19. The Balaban J connectivity index is 1.84. The molecule has 0 N–H and O–H groups in total. The van der Waals surface area contributed by atoms with Gasteiger partial charge >= 0.3 is 0 Å². The van der Waals surface area contributed by atoms with E-state index in [2.05, 4.69) is 15.9 Å². The summed E-state index contributed by atoms with van der Waals surface area (Å²) >= 11 is 3.39. The van der Waals surface area contributed by atoms with E-state index in [1.54, 1.807) is 24.1 Å². The van der Waals surface area contributed by atoms with Crippen molar-refractivity contribution in [2.24, 2.45) is 0 Å². The van der Waals surface area contributed by atoms with E-state index in [0.29, 0.717) is 29.7 Å². The number of halogens is 1. The molecule has 1 fully saturated rings. The molecule has 0 saturated carbocycles. The number of aryl methyl sites for hydroxylation is 1. The normalized spacial score (nSPS) is 15.1. The fourth-order valence-corrected chi connectivity index (χ4v) is 5.11. The third-order valence-electron chi connectivity index (χ3n) is 4.76. The molecule has 1 saturated heterocycles. The van der Waals surface area contributed by atoms with Gasteiger partial charge in [0.1, 0.15) is 0 Å². The topological polar surface area (TPSA) is 57.7 Å². The molecule has 1 amide bonds. The SMILES string of the molecule is Cc1ccc(CN(C)C(=O)c2cc(S(=O)(=O)N3CCCC3)ccc2Br)cc1. The molecule has 7 heteroatoms. The molecule has 0 spiro atoms. The highest BCUT2D eigenvalue weighted by Gasteiger charge is 2.28. The lowest BCUT2D eigenvalue weighted by molar-refractivity contribution is 0.0784. The highest BCUT2D eigenvalue weighted by Crippen LogP contribution is 2.26. The Labute approximate surface area is 169 Å². The van der Waals surface area contributed by atoms with Gasteiger partial charge in [-0.3, -0.25) is 4.79 Å². The molecule has 0 atom stereocenters. The van der Waals surface area contributed by atoms with E-state index in [-0.39, 0.29) is 10.8 Å². The van der Waals surface area contributed by atoms with Crippen molar-refractivity contribution in [3.05, 3.63) is 63.6 Å². The fourth-order valence-electron chi connectivity index (χ4n) is 3.15. The summed E-state index contributed by atoms with van der Waals surface area (Å²) in [4.78, 5) is 14.7. The largest absolute Gasteiger partial charge is 0.337 e. The summed E-state index contributed by atoms with van der Waals surface area (Å²) in [7, 11) is -1.84. The van der Waals surface area contributed by atoms with E-state index in [4.69, 9.17) is 0 Å². The number of amides is 1. The summed E-state index contributed by atoms with van der Waals surface area (Å²) in [5.74, 6) is -0.221. The van der Waals surface area contributed by atoms with E-state index in [9.17, 15) is 13.2 Å². The summed E-state index contributed by atoms with van der Waals surface area (Å²) in [6, 6.07) is 12.7. The van der Waals surface area contributed by atoms with Gasteiger partial charge in [0.25, 0.3) is 5.91 Å². The molecule has 27 heavy (non-hydrogen) atoms. The lowest BCUT2D eigenvalue weighted by Crippen LogP contribution is -2.29. The van der Waals surface area contributed by atoms with Crippen LogP contribution in [0.25, 0.3) is 0 Å². The van der Waals surface area contributed by atoms with Gasteiger partial charge in [0.15, 0.2) is 0 Å². The van der Waals surface area contributed by atoms with E-state index in [0.717, 1.165) is 24.0 Å². The number of sulfonamides is 1. The number of benzene rings is 2. The van der Waals surface area contributed by atoms with Gasteiger partial charge in [0, 0.05) is 31.2 Å². The first-order valence-electron chi connectivity index (χ1n) is 8.90. The van der Waals surface area contributed by atoms with Crippen molar-refractivity contribution in [3.63, 3.8) is 0 Å². The molecule has 1 aliphatic heterocycles. The molecule has 2 aromatic carbocycles. The van der Waals surface area contributed by atoms with Gasteiger partial charge in [-0.1, -0.05) is 29.8 Å². The Morgan fingerprint density at radius 2 is 1.74 bits per heavy atom. The molecule has 2 aromatic rings. The van der Waals surface area contributed by atoms with Gasteiger partial charge in [-0.15, -0.1) is 0 Å². The molecule has 0 radical (unpaired) electrons. The minimum Gasteiger partial charge on any atom is -0.337 e. The van der Waals surface area contributed by atoms with Crippen LogP contribution < -0.4 is 0 Å². The molecule has 0 aromatic heterocycles. The van der Waals surface area contributed by atoms with Crippen LogP contribution >= 0.6 is 15.9 Å². The lowest BCUT2D eigenvalue weighted by atomic mass is 10.1. The van der Waals surface area contributed by atoms with Crippen LogP contribution in [0, 0.1) is 6.92 Å². The lowest BCUT2D eigenvalue weighted by Gasteiger charge is -2.20. The second-order valence-electron chi connectivity index (χ2n) is 6.90. The second-order valence-corrected chi connectivity index (χ2v) is 9.69. The van der Waals surface area contributed by atoms with Crippen LogP contribution in [0.1, 0.15) is 34.3 Å². The summed E-state index contributed by atoms with van der Waals surface area (Å²) < 4.78 is 27.7. The number of nitrogens with zero attached hydrogens (tertiary/aromatic N) is 2. The molecule has 5 nitrogen and oxygen atoms in total. The number of rotatable bonds is 5. The van der Waals surface area contributed by atoms with Crippen LogP contribution in [0.2, 0.25) is 0 Å². The zero-order valence-electron chi connectivity index (χ0n) is 15.5. The summed E-state index contributed by atoms with van der Waals surface area (Å²) in [5, 5.41) is 0. The Morgan fingerprint density at radius 3 is 2.37 bits per heavy atom. The maximum absolute atomic E-state index is 12.9. The van der Waals surface area contributed by atoms with Gasteiger partial charge in [0.05, 0.1) is 10.5 Å². The number of hydrogen-bond acceptors (Lipinski definition) is 3. The van der Waals surface area contributed by atoms with Crippen LogP contribution in [0.3, 0.4) is 0 Å². The van der Waals surface area contributed by atoms with Crippen LogP contribution in [-0.4, -0.2) is 43.7 Å². The van der Waals surface area contributed by atoms with E-state index >= 15 is 0 Å². The molecular formula is C20H23BrN2O3S. The molecule has 0 aliphatic carbocycles. The smallest absolute Gasteiger partial charge is 0.255 e. The predicted octanol–water partition coefficient (Wildman–Crippen LogP) is 3.81. The Bertz CT molecular complexity index is 936. The molecule has 144 valence electrons. The molecule has 0 unspecified atom stereocenters. The third-order valence-corrected chi connectivity index (χ3v) is 7.34. The number of hydrogen-bond donors (Lipinski definition) is 0. The van der Waals surface area contributed by atoms with Gasteiger partial charge in [-0.05, 0) is 59.5 Å². The highest BCUT2D eigenvalue weighted by molar-refractivity contribution is 9.10. The molecule has 0 bridgehead atoms. The predicted molar refractivity (Wildman–Crippen MR) is 109 cm³/mol. The summed E-state index contributed by atoms with van der Waals surface area (Å²) in [5.41, 5.74) is 2.54. The number of carbonyl (C=O) groups is 1. The summed E-state index contributed by atoms with van der Waals surface area (Å²) in [6.07, 6.45) is 1.75. The van der Waals surface area contributed by atoms with Gasteiger partial charge < -0.3 is 4.90 Å². The Morgan fingerprint density at radius 1 is 1.11 bits per heavy atom. The van der Waals surface area contributed by atoms with Crippen LogP contribution in [0.4, 0.5) is 0 Å². The van der Waals surface area contributed by atoms with Crippen LogP contribution in [0.5, 0.6) is 0 Å². The summed E-state index contributed by atoms with van der Waals surface area (Å²) in [6.45, 7) is 3.54. The standard InChI is InChI=1S/C20H23BrN2O3S/c1-15-5-7-16(8-6-15)14-22(2)20(24)18-13-17(9-10-19(18)21)27(25,26)23-11-3-4-12-23/h5-10,13H,3-4,11-12,14H2,1-2H3. The molecule has 3 rings (SSSR count). The van der Waals surface area contributed by atoms with Gasteiger partial charge in [-0.2, -0.15) is 4.31 Å². The third kappa shape index (κ3) is 4.42. The van der Waals surface area contributed by atoms with Crippen LogP contribution in [-0.2, 0) is 16.6 Å². The Hall–Kier alpha value is -1.70. The second kappa shape index (κ2) is 8.12. The van der Waals surface area contributed by atoms with Gasteiger partial charge in [0.2, 0.25) is 10.0 Å².